The summed E-state index contributed by atoms with van der Waals surface area (Å²) in [6, 6.07) is 6.84. The van der Waals surface area contributed by atoms with Gasteiger partial charge in [-0.2, -0.15) is 0 Å². The zero-order valence-corrected chi connectivity index (χ0v) is 10.7. The molecule has 0 atom stereocenters. The molecule has 1 aliphatic carbocycles. The fourth-order valence-corrected chi connectivity index (χ4v) is 2.93. The Kier molecular flexibility index (Phi) is 2.81. The lowest BCUT2D eigenvalue weighted by molar-refractivity contribution is -0.149. The lowest BCUT2D eigenvalue weighted by Crippen LogP contribution is -2.42. The summed E-state index contributed by atoms with van der Waals surface area (Å²) in [5, 5.41) is 10.4. The Bertz CT molecular complexity index is 650. The maximum atomic E-state index is 13.3. The van der Waals surface area contributed by atoms with Crippen LogP contribution in [0.2, 0.25) is 0 Å². The number of benzene rings is 1. The van der Waals surface area contributed by atoms with E-state index in [9.17, 15) is 18.7 Å². The first-order valence-corrected chi connectivity index (χ1v) is 6.52. The van der Waals surface area contributed by atoms with Crippen LogP contribution < -0.4 is 0 Å². The van der Waals surface area contributed by atoms with Gasteiger partial charge < -0.3 is 9.52 Å². The van der Waals surface area contributed by atoms with Crippen LogP contribution in [0.25, 0.3) is 11.0 Å². The Balaban J connectivity index is 2.04. The van der Waals surface area contributed by atoms with Gasteiger partial charge in [-0.05, 0) is 36.6 Å². The lowest BCUT2D eigenvalue weighted by atomic mass is 9.68. The Morgan fingerprint density at radius 2 is 1.85 bits per heavy atom. The van der Waals surface area contributed by atoms with E-state index in [-0.39, 0.29) is 25.7 Å². The van der Waals surface area contributed by atoms with Crippen molar-refractivity contribution in [3.8, 4) is 0 Å². The van der Waals surface area contributed by atoms with E-state index in [1.54, 1.807) is 24.3 Å². The van der Waals surface area contributed by atoms with Crippen LogP contribution in [0.5, 0.6) is 0 Å². The molecule has 3 nitrogen and oxygen atoms in total. The molecule has 1 N–H and O–H groups in total. The number of furan rings is 1. The average Bonchev–Trinajstić information content (AvgIpc) is 2.86. The van der Waals surface area contributed by atoms with Gasteiger partial charge in [0.1, 0.15) is 5.58 Å². The van der Waals surface area contributed by atoms with Gasteiger partial charge in [0.05, 0.1) is 11.7 Å². The second-order valence-electron chi connectivity index (χ2n) is 5.42. The molecule has 0 amide bonds. The van der Waals surface area contributed by atoms with E-state index in [0.717, 1.165) is 5.39 Å². The quantitative estimate of drug-likeness (QED) is 0.905. The summed E-state index contributed by atoms with van der Waals surface area (Å²) in [4.78, 5) is 11.7. The highest BCUT2D eigenvalue weighted by Crippen LogP contribution is 2.46. The molecule has 0 unspecified atom stereocenters. The fraction of sp³-hybridized carbons (Fsp3) is 0.400. The van der Waals surface area contributed by atoms with Gasteiger partial charge in [0.25, 0.3) is 0 Å². The third-order valence-electron chi connectivity index (χ3n) is 4.25. The Labute approximate surface area is 114 Å². The van der Waals surface area contributed by atoms with Crippen molar-refractivity contribution in [3.05, 3.63) is 36.1 Å². The first-order valence-electron chi connectivity index (χ1n) is 6.52. The predicted octanol–water partition coefficient (Wildman–Crippen LogP) is 3.96. The molecule has 0 saturated heterocycles. The molecule has 1 heterocycles. The maximum absolute atomic E-state index is 13.3. The third kappa shape index (κ3) is 1.97. The van der Waals surface area contributed by atoms with Crippen LogP contribution in [0.3, 0.4) is 0 Å². The van der Waals surface area contributed by atoms with Crippen molar-refractivity contribution in [1.82, 2.24) is 0 Å². The number of alkyl halides is 2. The van der Waals surface area contributed by atoms with Crippen LogP contribution in [-0.2, 0) is 10.2 Å². The highest BCUT2D eigenvalue weighted by molar-refractivity contribution is 5.85. The molecule has 0 spiro atoms. The molecule has 0 radical (unpaired) electrons. The van der Waals surface area contributed by atoms with Gasteiger partial charge in [0.15, 0.2) is 0 Å². The zero-order valence-electron chi connectivity index (χ0n) is 10.7. The number of rotatable bonds is 2. The van der Waals surface area contributed by atoms with Gasteiger partial charge >= 0.3 is 5.97 Å². The summed E-state index contributed by atoms with van der Waals surface area (Å²) >= 11 is 0. The minimum atomic E-state index is -2.75. The fourth-order valence-electron chi connectivity index (χ4n) is 2.93. The number of hydrogen-bond donors (Lipinski definition) is 1. The second-order valence-corrected chi connectivity index (χ2v) is 5.42. The summed E-state index contributed by atoms with van der Waals surface area (Å²) in [6.07, 6.45) is 0.666. The summed E-state index contributed by atoms with van der Waals surface area (Å²) in [7, 11) is 0. The molecule has 1 aromatic carbocycles. The van der Waals surface area contributed by atoms with Gasteiger partial charge in [-0.3, -0.25) is 4.79 Å². The lowest BCUT2D eigenvalue weighted by Gasteiger charge is -2.37. The highest BCUT2D eigenvalue weighted by atomic mass is 19.3. The molecule has 3 rings (SSSR count). The molecule has 1 aliphatic rings. The molecular formula is C15H14F2O3. The SMILES string of the molecule is O=C(O)C1(c2ccc3occc3c2)CCC(F)(F)CC1. The molecule has 0 aliphatic heterocycles. The van der Waals surface area contributed by atoms with Gasteiger partial charge in [0.2, 0.25) is 5.92 Å². The molecule has 20 heavy (non-hydrogen) atoms. The van der Waals surface area contributed by atoms with E-state index in [4.69, 9.17) is 4.42 Å². The number of carboxylic acid groups (broad SMARTS) is 1. The van der Waals surface area contributed by atoms with E-state index >= 15 is 0 Å². The summed E-state index contributed by atoms with van der Waals surface area (Å²) in [5.41, 5.74) is 0.0254. The van der Waals surface area contributed by atoms with Gasteiger partial charge in [-0.25, -0.2) is 8.78 Å². The molecular weight excluding hydrogens is 266 g/mol. The number of fused-ring (bicyclic) bond motifs is 1. The smallest absolute Gasteiger partial charge is 0.314 e. The number of carboxylic acids is 1. The van der Waals surface area contributed by atoms with Crippen LogP contribution in [0, 0.1) is 0 Å². The molecule has 106 valence electrons. The van der Waals surface area contributed by atoms with Gasteiger partial charge in [-0.1, -0.05) is 6.07 Å². The third-order valence-corrected chi connectivity index (χ3v) is 4.25. The Hall–Kier alpha value is -1.91. The van der Waals surface area contributed by atoms with Crippen molar-refractivity contribution in [2.75, 3.05) is 0 Å². The van der Waals surface area contributed by atoms with Crippen molar-refractivity contribution in [1.29, 1.82) is 0 Å². The first-order chi connectivity index (χ1) is 9.43. The van der Waals surface area contributed by atoms with E-state index in [1.165, 1.54) is 6.26 Å². The number of hydrogen-bond acceptors (Lipinski definition) is 2. The monoisotopic (exact) mass is 280 g/mol. The van der Waals surface area contributed by atoms with E-state index in [1.807, 2.05) is 0 Å². The molecule has 1 saturated carbocycles. The van der Waals surface area contributed by atoms with Crippen LogP contribution in [-0.4, -0.2) is 17.0 Å². The van der Waals surface area contributed by atoms with E-state index < -0.39 is 17.3 Å². The topological polar surface area (TPSA) is 50.4 Å². The molecule has 2 aromatic rings. The van der Waals surface area contributed by atoms with Crippen LogP contribution in [0.15, 0.2) is 34.9 Å². The van der Waals surface area contributed by atoms with Gasteiger partial charge in [-0.15, -0.1) is 0 Å². The summed E-state index contributed by atoms with van der Waals surface area (Å²) in [6.45, 7) is 0. The van der Waals surface area contributed by atoms with Crippen LogP contribution in [0.1, 0.15) is 31.2 Å². The summed E-state index contributed by atoms with van der Waals surface area (Å²) in [5.74, 6) is -3.78. The highest BCUT2D eigenvalue weighted by Gasteiger charge is 2.49. The molecule has 0 bridgehead atoms. The molecule has 5 heteroatoms. The maximum Gasteiger partial charge on any atom is 0.314 e. The van der Waals surface area contributed by atoms with E-state index in [0.29, 0.717) is 11.1 Å². The number of aliphatic carboxylic acids is 1. The predicted molar refractivity (Wildman–Crippen MR) is 68.9 cm³/mol. The zero-order chi connectivity index (χ0) is 14.4. The molecule has 1 fully saturated rings. The van der Waals surface area contributed by atoms with Crippen molar-refractivity contribution in [3.63, 3.8) is 0 Å². The summed E-state index contributed by atoms with van der Waals surface area (Å²) < 4.78 is 31.9. The minimum absolute atomic E-state index is 0.0430. The van der Waals surface area contributed by atoms with Crippen molar-refractivity contribution in [2.45, 2.75) is 37.0 Å². The standard InChI is InChI=1S/C15H14F2O3/c16-15(17)6-4-14(5-7-15,13(18)19)11-1-2-12-10(9-11)3-8-20-12/h1-3,8-9H,4-7H2,(H,18,19). The second kappa shape index (κ2) is 4.30. The molecule has 1 aromatic heterocycles. The first kappa shape index (κ1) is 13.1. The largest absolute Gasteiger partial charge is 0.481 e. The average molecular weight is 280 g/mol. The number of halogens is 2. The van der Waals surface area contributed by atoms with Crippen molar-refractivity contribution in [2.24, 2.45) is 0 Å². The van der Waals surface area contributed by atoms with Crippen LogP contribution >= 0.6 is 0 Å². The minimum Gasteiger partial charge on any atom is -0.481 e. The van der Waals surface area contributed by atoms with Crippen LogP contribution in [0.4, 0.5) is 8.78 Å². The number of carbonyl (C=O) groups is 1. The Morgan fingerprint density at radius 1 is 1.15 bits per heavy atom. The Morgan fingerprint density at radius 3 is 2.50 bits per heavy atom. The normalized spacial score (nSPS) is 20.9. The van der Waals surface area contributed by atoms with Gasteiger partial charge in [0, 0.05) is 18.2 Å². The van der Waals surface area contributed by atoms with Crippen molar-refractivity contribution >= 4 is 16.9 Å². The van der Waals surface area contributed by atoms with E-state index in [2.05, 4.69) is 0 Å². The van der Waals surface area contributed by atoms with Crippen molar-refractivity contribution < 1.29 is 23.1 Å².